The van der Waals surface area contributed by atoms with Crippen LogP contribution in [0.1, 0.15) is 42.3 Å². The van der Waals surface area contributed by atoms with Gasteiger partial charge >= 0.3 is 0 Å². The van der Waals surface area contributed by atoms with Crippen LogP contribution in [0.4, 0.5) is 0 Å². The molecule has 0 bridgehead atoms. The molecule has 1 heterocycles. The molecule has 1 aromatic heterocycles. The maximum Gasteiger partial charge on any atom is 0.0900 e. The summed E-state index contributed by atoms with van der Waals surface area (Å²) in [5.41, 5.74) is 1.18. The Kier molecular flexibility index (Phi) is 5.97. The van der Waals surface area contributed by atoms with Crippen LogP contribution in [-0.4, -0.2) is 22.5 Å². The highest BCUT2D eigenvalue weighted by Gasteiger charge is 2.24. The van der Waals surface area contributed by atoms with Gasteiger partial charge in [0.25, 0.3) is 0 Å². The van der Waals surface area contributed by atoms with Gasteiger partial charge in [-0.15, -0.1) is 11.3 Å². The minimum absolute atomic E-state index is 0.396. The van der Waals surface area contributed by atoms with Gasteiger partial charge in [-0.05, 0) is 32.9 Å². The van der Waals surface area contributed by atoms with Crippen molar-refractivity contribution < 1.29 is 0 Å². The summed E-state index contributed by atoms with van der Waals surface area (Å²) in [4.78, 5) is 5.84. The van der Waals surface area contributed by atoms with E-state index in [9.17, 15) is 0 Å². The normalized spacial score (nSPS) is 12.1. The smallest absolute Gasteiger partial charge is 0.0900 e. The summed E-state index contributed by atoms with van der Waals surface area (Å²) in [6, 6.07) is 0. The first-order chi connectivity index (χ1) is 8.06. The highest BCUT2D eigenvalue weighted by Crippen LogP contribution is 2.29. The van der Waals surface area contributed by atoms with Gasteiger partial charge in [0, 0.05) is 22.7 Å². The van der Waals surface area contributed by atoms with Crippen LogP contribution in [0.25, 0.3) is 0 Å². The molecule has 98 valence electrons. The van der Waals surface area contributed by atoms with E-state index in [0.29, 0.717) is 4.75 Å². The van der Waals surface area contributed by atoms with Gasteiger partial charge in [0.05, 0.1) is 10.7 Å². The van der Waals surface area contributed by atoms with Crippen LogP contribution < -0.4 is 5.32 Å². The molecule has 17 heavy (non-hydrogen) atoms. The van der Waals surface area contributed by atoms with Gasteiger partial charge in [0.2, 0.25) is 0 Å². The molecule has 0 spiro atoms. The standard InChI is InChI=1S/C13H24N2S2/c1-6-13(7-2,16-5)9-14-8-12-10(3)15-11(4)17-12/h14H,6-9H2,1-5H3. The Morgan fingerprint density at radius 1 is 1.29 bits per heavy atom. The lowest BCUT2D eigenvalue weighted by atomic mass is 10.0. The van der Waals surface area contributed by atoms with E-state index in [1.807, 2.05) is 23.1 Å². The van der Waals surface area contributed by atoms with E-state index in [2.05, 4.69) is 44.3 Å². The van der Waals surface area contributed by atoms with E-state index in [1.54, 1.807) is 0 Å². The first-order valence-corrected chi connectivity index (χ1v) is 8.29. The Morgan fingerprint density at radius 3 is 2.35 bits per heavy atom. The monoisotopic (exact) mass is 272 g/mol. The van der Waals surface area contributed by atoms with E-state index < -0.39 is 0 Å². The van der Waals surface area contributed by atoms with E-state index >= 15 is 0 Å². The Bertz CT molecular complexity index is 335. The molecule has 1 N–H and O–H groups in total. The molecule has 0 saturated carbocycles. The maximum absolute atomic E-state index is 4.46. The molecule has 4 heteroatoms. The SMILES string of the molecule is CCC(CC)(CNCc1sc(C)nc1C)SC. The number of nitrogens with zero attached hydrogens (tertiary/aromatic N) is 1. The van der Waals surface area contributed by atoms with E-state index in [4.69, 9.17) is 0 Å². The van der Waals surface area contributed by atoms with Crippen LogP contribution in [0, 0.1) is 13.8 Å². The molecule has 0 aromatic carbocycles. The van der Waals surface area contributed by atoms with Crippen LogP contribution in [0.15, 0.2) is 0 Å². The lowest BCUT2D eigenvalue weighted by molar-refractivity contribution is 0.496. The first-order valence-electron chi connectivity index (χ1n) is 6.25. The topological polar surface area (TPSA) is 24.9 Å². The van der Waals surface area contributed by atoms with Crippen molar-refractivity contribution in [1.82, 2.24) is 10.3 Å². The zero-order valence-corrected chi connectivity index (χ0v) is 13.2. The summed E-state index contributed by atoms with van der Waals surface area (Å²) >= 11 is 3.79. The average molecular weight is 272 g/mol. The predicted molar refractivity (Wildman–Crippen MR) is 80.1 cm³/mol. The minimum Gasteiger partial charge on any atom is -0.310 e. The molecule has 1 aromatic rings. The van der Waals surface area contributed by atoms with Gasteiger partial charge in [-0.2, -0.15) is 11.8 Å². The number of nitrogens with one attached hydrogen (secondary N) is 1. The molecule has 0 fully saturated rings. The molecular formula is C13H24N2S2. The maximum atomic E-state index is 4.46. The number of thioether (sulfide) groups is 1. The number of thiazole rings is 1. The van der Waals surface area contributed by atoms with Crippen molar-refractivity contribution in [3.8, 4) is 0 Å². The van der Waals surface area contributed by atoms with Crippen molar-refractivity contribution >= 4 is 23.1 Å². The Morgan fingerprint density at radius 2 is 1.94 bits per heavy atom. The third-order valence-electron chi connectivity index (χ3n) is 3.45. The summed E-state index contributed by atoms with van der Waals surface area (Å²) < 4.78 is 0.396. The van der Waals surface area contributed by atoms with Crippen LogP contribution in [0.2, 0.25) is 0 Å². The predicted octanol–water partition coefficient (Wildman–Crippen LogP) is 3.77. The van der Waals surface area contributed by atoms with Gasteiger partial charge in [-0.1, -0.05) is 13.8 Å². The molecule has 0 atom stereocenters. The third kappa shape index (κ3) is 3.97. The fraction of sp³-hybridized carbons (Fsp3) is 0.769. The highest BCUT2D eigenvalue weighted by molar-refractivity contribution is 8.00. The van der Waals surface area contributed by atoms with Crippen LogP contribution in [0.5, 0.6) is 0 Å². The molecular weight excluding hydrogens is 248 g/mol. The quantitative estimate of drug-likeness (QED) is 0.818. The second-order valence-corrected chi connectivity index (χ2v) is 7.00. The van der Waals surface area contributed by atoms with Gasteiger partial charge in [-0.25, -0.2) is 4.98 Å². The number of rotatable bonds is 7. The molecule has 0 aliphatic heterocycles. The number of hydrogen-bond acceptors (Lipinski definition) is 4. The summed E-state index contributed by atoms with van der Waals surface area (Å²) in [7, 11) is 0. The van der Waals surface area contributed by atoms with E-state index in [-0.39, 0.29) is 0 Å². The Labute approximate surface area is 114 Å². The van der Waals surface area contributed by atoms with Crippen molar-refractivity contribution in [2.75, 3.05) is 12.8 Å². The van der Waals surface area contributed by atoms with Gasteiger partial charge < -0.3 is 5.32 Å². The van der Waals surface area contributed by atoms with Crippen molar-refractivity contribution in [2.45, 2.75) is 51.8 Å². The molecule has 0 radical (unpaired) electrons. The molecule has 0 unspecified atom stereocenters. The summed E-state index contributed by atoms with van der Waals surface area (Å²) in [5, 5.41) is 4.77. The number of aryl methyl sites for hydroxylation is 2. The Hall–Kier alpha value is -0.0600. The average Bonchev–Trinajstić information content (AvgIpc) is 2.64. The van der Waals surface area contributed by atoms with Gasteiger partial charge in [-0.3, -0.25) is 0 Å². The number of hydrogen-bond donors (Lipinski definition) is 1. The summed E-state index contributed by atoms with van der Waals surface area (Å²) in [6.07, 6.45) is 4.66. The van der Waals surface area contributed by atoms with Crippen LogP contribution >= 0.6 is 23.1 Å². The Balaban J connectivity index is 2.49. The first kappa shape index (κ1) is 15.0. The van der Waals surface area contributed by atoms with E-state index in [0.717, 1.165) is 13.1 Å². The van der Waals surface area contributed by atoms with Crippen molar-refractivity contribution in [1.29, 1.82) is 0 Å². The molecule has 0 aliphatic carbocycles. The second kappa shape index (κ2) is 6.76. The van der Waals surface area contributed by atoms with Crippen LogP contribution in [-0.2, 0) is 6.54 Å². The molecule has 0 saturated heterocycles. The fourth-order valence-electron chi connectivity index (χ4n) is 2.00. The zero-order valence-electron chi connectivity index (χ0n) is 11.6. The zero-order chi connectivity index (χ0) is 12.9. The third-order valence-corrected chi connectivity index (χ3v) is 6.11. The fourth-order valence-corrected chi connectivity index (χ4v) is 3.73. The molecule has 0 aliphatic rings. The van der Waals surface area contributed by atoms with Crippen molar-refractivity contribution in [3.05, 3.63) is 15.6 Å². The lowest BCUT2D eigenvalue weighted by Crippen LogP contribution is -2.36. The summed E-state index contributed by atoms with van der Waals surface area (Å²) in [5.74, 6) is 0. The largest absolute Gasteiger partial charge is 0.310 e. The van der Waals surface area contributed by atoms with Gasteiger partial charge in [0.15, 0.2) is 0 Å². The van der Waals surface area contributed by atoms with Crippen LogP contribution in [0.3, 0.4) is 0 Å². The van der Waals surface area contributed by atoms with E-state index in [1.165, 1.54) is 28.4 Å². The highest BCUT2D eigenvalue weighted by atomic mass is 32.2. The van der Waals surface area contributed by atoms with Crippen molar-refractivity contribution in [2.24, 2.45) is 0 Å². The van der Waals surface area contributed by atoms with Gasteiger partial charge in [0.1, 0.15) is 0 Å². The minimum atomic E-state index is 0.396. The molecule has 0 amide bonds. The van der Waals surface area contributed by atoms with Crippen molar-refractivity contribution in [3.63, 3.8) is 0 Å². The molecule has 1 rings (SSSR count). The molecule has 2 nitrogen and oxygen atoms in total. The lowest BCUT2D eigenvalue weighted by Gasteiger charge is -2.29. The number of aromatic nitrogens is 1. The second-order valence-electron chi connectivity index (χ2n) is 4.44. The summed E-state index contributed by atoms with van der Waals surface area (Å²) in [6.45, 7) is 10.8.